The first kappa shape index (κ1) is 20.0. The van der Waals surface area contributed by atoms with E-state index in [1.165, 1.54) is 4.88 Å². The molecule has 1 heterocycles. The van der Waals surface area contributed by atoms with E-state index in [0.29, 0.717) is 24.7 Å². The smallest absolute Gasteiger partial charge is 0.244 e. The maximum Gasteiger partial charge on any atom is 0.244 e. The fourth-order valence-corrected chi connectivity index (χ4v) is 3.15. The molecule has 2 rings (SSSR count). The predicted octanol–water partition coefficient (Wildman–Crippen LogP) is 4.70. The van der Waals surface area contributed by atoms with Crippen LogP contribution in [0.15, 0.2) is 41.8 Å². The topological polar surface area (TPSA) is 47.6 Å². The van der Waals surface area contributed by atoms with Gasteiger partial charge in [0.1, 0.15) is 0 Å². The fourth-order valence-electron chi connectivity index (χ4n) is 2.44. The van der Waals surface area contributed by atoms with E-state index < -0.39 is 0 Å². The quantitative estimate of drug-likeness (QED) is 0.459. The predicted molar refractivity (Wildman–Crippen MR) is 108 cm³/mol. The van der Waals surface area contributed by atoms with Crippen LogP contribution in [-0.4, -0.2) is 26.2 Å². The molecule has 0 spiro atoms. The summed E-state index contributed by atoms with van der Waals surface area (Å²) >= 11 is 1.70. The van der Waals surface area contributed by atoms with Gasteiger partial charge in [-0.2, -0.15) is 0 Å². The van der Waals surface area contributed by atoms with Gasteiger partial charge in [0.25, 0.3) is 0 Å². The lowest BCUT2D eigenvalue weighted by molar-refractivity contribution is -0.116. The molecule has 4 nitrogen and oxygen atoms in total. The van der Waals surface area contributed by atoms with Crippen LogP contribution in [0.4, 0.5) is 0 Å². The van der Waals surface area contributed by atoms with Crippen LogP contribution >= 0.6 is 11.3 Å². The molecule has 0 aliphatic carbocycles. The molecule has 0 radical (unpaired) electrons. The first-order valence-electron chi connectivity index (χ1n) is 9.02. The van der Waals surface area contributed by atoms with Gasteiger partial charge in [-0.25, -0.2) is 0 Å². The van der Waals surface area contributed by atoms with Gasteiger partial charge < -0.3 is 14.8 Å². The lowest BCUT2D eigenvalue weighted by atomic mass is 10.2. The number of methoxy groups -OCH3 is 1. The van der Waals surface area contributed by atoms with Crippen LogP contribution in [0.3, 0.4) is 0 Å². The Balaban J connectivity index is 1.86. The average molecular weight is 374 g/mol. The Bertz CT molecular complexity index is 695. The number of rotatable bonds is 11. The Morgan fingerprint density at radius 2 is 2.12 bits per heavy atom. The number of hydrogen-bond acceptors (Lipinski definition) is 4. The van der Waals surface area contributed by atoms with E-state index in [1.54, 1.807) is 30.6 Å². The largest absolute Gasteiger partial charge is 0.493 e. The Morgan fingerprint density at radius 1 is 1.23 bits per heavy atom. The van der Waals surface area contributed by atoms with Crippen molar-refractivity contribution in [2.45, 2.75) is 32.6 Å². The lowest BCUT2D eigenvalue weighted by Gasteiger charge is -2.11. The normalized spacial score (nSPS) is 10.8. The summed E-state index contributed by atoms with van der Waals surface area (Å²) in [5.74, 6) is 1.32. The summed E-state index contributed by atoms with van der Waals surface area (Å²) in [6.45, 7) is 3.47. The second-order valence-corrected chi connectivity index (χ2v) is 6.95. The molecule has 0 bridgehead atoms. The molecular weight excluding hydrogens is 346 g/mol. The van der Waals surface area contributed by atoms with Crippen molar-refractivity contribution >= 4 is 23.3 Å². The highest BCUT2D eigenvalue weighted by atomic mass is 32.1. The summed E-state index contributed by atoms with van der Waals surface area (Å²) in [6, 6.07) is 9.77. The van der Waals surface area contributed by atoms with Crippen LogP contribution in [0, 0.1) is 0 Å². The van der Waals surface area contributed by atoms with Gasteiger partial charge in [-0.1, -0.05) is 31.9 Å². The van der Waals surface area contributed by atoms with Gasteiger partial charge >= 0.3 is 0 Å². The number of carbonyl (C=O) groups is 1. The van der Waals surface area contributed by atoms with E-state index >= 15 is 0 Å². The first-order chi connectivity index (χ1) is 12.7. The van der Waals surface area contributed by atoms with Gasteiger partial charge in [-0.15, -0.1) is 11.3 Å². The highest BCUT2D eigenvalue weighted by molar-refractivity contribution is 7.09. The zero-order valence-electron chi connectivity index (χ0n) is 15.5. The van der Waals surface area contributed by atoms with E-state index in [4.69, 9.17) is 9.47 Å². The third kappa shape index (κ3) is 6.92. The molecule has 0 saturated carbocycles. The molecule has 26 heavy (non-hydrogen) atoms. The van der Waals surface area contributed by atoms with Gasteiger partial charge in [0.15, 0.2) is 11.5 Å². The zero-order chi connectivity index (χ0) is 18.6. The molecular formula is C21H27NO3S. The van der Waals surface area contributed by atoms with Crippen LogP contribution in [0.2, 0.25) is 0 Å². The summed E-state index contributed by atoms with van der Waals surface area (Å²) < 4.78 is 11.2. The minimum Gasteiger partial charge on any atom is -0.493 e. The molecule has 0 aliphatic heterocycles. The number of thiophene rings is 1. The van der Waals surface area contributed by atoms with Crippen molar-refractivity contribution < 1.29 is 14.3 Å². The molecule has 0 aliphatic rings. The molecule has 0 fully saturated rings. The van der Waals surface area contributed by atoms with Gasteiger partial charge in [0, 0.05) is 17.5 Å². The standard InChI is InChI=1S/C21H27NO3S/c1-3-4-5-14-25-20-16-17(8-10-19(20)24-2)9-11-21(23)22-13-12-18-7-6-15-26-18/h6-11,15-16H,3-5,12-14H2,1-2H3,(H,22,23). The van der Waals surface area contributed by atoms with E-state index in [9.17, 15) is 4.79 Å². The van der Waals surface area contributed by atoms with Crippen molar-refractivity contribution in [2.24, 2.45) is 0 Å². The van der Waals surface area contributed by atoms with Gasteiger partial charge in [-0.05, 0) is 48.1 Å². The highest BCUT2D eigenvalue weighted by Gasteiger charge is 2.05. The summed E-state index contributed by atoms with van der Waals surface area (Å²) in [7, 11) is 1.63. The second-order valence-electron chi connectivity index (χ2n) is 5.92. The molecule has 0 saturated heterocycles. The maximum atomic E-state index is 11.9. The molecule has 1 aromatic carbocycles. The van der Waals surface area contributed by atoms with Gasteiger partial charge in [-0.3, -0.25) is 4.79 Å². The Hall–Kier alpha value is -2.27. The molecule has 1 amide bonds. The van der Waals surface area contributed by atoms with Crippen LogP contribution < -0.4 is 14.8 Å². The minimum atomic E-state index is -0.0946. The number of benzene rings is 1. The SMILES string of the molecule is CCCCCOc1cc(C=CC(=O)NCCc2cccs2)ccc1OC. The summed E-state index contributed by atoms with van der Waals surface area (Å²) in [6.07, 6.45) is 7.52. The fraction of sp³-hybridized carbons (Fsp3) is 0.381. The number of nitrogens with one attached hydrogen (secondary N) is 1. The summed E-state index contributed by atoms with van der Waals surface area (Å²) in [4.78, 5) is 13.2. The molecule has 0 unspecified atom stereocenters. The Morgan fingerprint density at radius 3 is 2.85 bits per heavy atom. The summed E-state index contributed by atoms with van der Waals surface area (Å²) in [5.41, 5.74) is 0.907. The van der Waals surface area contributed by atoms with Gasteiger partial charge in [0.05, 0.1) is 13.7 Å². The van der Waals surface area contributed by atoms with Crippen LogP contribution in [0.25, 0.3) is 6.08 Å². The third-order valence-corrected chi connectivity index (χ3v) is 4.81. The van der Waals surface area contributed by atoms with Crippen molar-refractivity contribution in [2.75, 3.05) is 20.3 Å². The van der Waals surface area contributed by atoms with Crippen molar-refractivity contribution in [3.05, 3.63) is 52.2 Å². The third-order valence-electron chi connectivity index (χ3n) is 3.87. The van der Waals surface area contributed by atoms with Crippen molar-refractivity contribution in [3.8, 4) is 11.5 Å². The minimum absolute atomic E-state index is 0.0946. The van der Waals surface area contributed by atoms with Crippen molar-refractivity contribution in [3.63, 3.8) is 0 Å². The van der Waals surface area contributed by atoms with E-state index in [1.807, 2.05) is 29.6 Å². The van der Waals surface area contributed by atoms with Crippen LogP contribution in [-0.2, 0) is 11.2 Å². The molecule has 2 aromatic rings. The van der Waals surface area contributed by atoms with Crippen LogP contribution in [0.5, 0.6) is 11.5 Å². The lowest BCUT2D eigenvalue weighted by Crippen LogP contribution is -2.23. The Kier molecular flexibility index (Phi) is 8.76. The zero-order valence-corrected chi connectivity index (χ0v) is 16.3. The Labute approximate surface area is 159 Å². The number of carbonyl (C=O) groups excluding carboxylic acids is 1. The van der Waals surface area contributed by atoms with E-state index in [-0.39, 0.29) is 5.91 Å². The summed E-state index contributed by atoms with van der Waals surface area (Å²) in [5, 5.41) is 4.95. The number of ether oxygens (including phenoxy) is 2. The second kappa shape index (κ2) is 11.4. The molecule has 5 heteroatoms. The van der Waals surface area contributed by atoms with E-state index in [2.05, 4.69) is 18.3 Å². The van der Waals surface area contributed by atoms with Gasteiger partial charge in [0.2, 0.25) is 5.91 Å². The number of amides is 1. The monoisotopic (exact) mass is 373 g/mol. The molecule has 0 atom stereocenters. The average Bonchev–Trinajstić information content (AvgIpc) is 3.17. The maximum absolute atomic E-state index is 11.9. The number of unbranched alkanes of at least 4 members (excludes halogenated alkanes) is 2. The molecule has 1 N–H and O–H groups in total. The van der Waals surface area contributed by atoms with E-state index in [0.717, 1.165) is 31.2 Å². The van der Waals surface area contributed by atoms with Crippen molar-refractivity contribution in [1.82, 2.24) is 5.32 Å². The number of hydrogen-bond donors (Lipinski definition) is 1. The highest BCUT2D eigenvalue weighted by Crippen LogP contribution is 2.28. The first-order valence-corrected chi connectivity index (χ1v) is 9.90. The van der Waals surface area contributed by atoms with Crippen LogP contribution in [0.1, 0.15) is 36.6 Å². The molecule has 1 aromatic heterocycles. The van der Waals surface area contributed by atoms with Crippen molar-refractivity contribution in [1.29, 1.82) is 0 Å². The molecule has 140 valence electrons.